The zero-order valence-electron chi connectivity index (χ0n) is 12.1. The standard InChI is InChI=1S/C15H22N2O3S/c18-14(16-7-6-13-5-3-9-21-13)11-17-8-2-1-4-12(17)10-15(19)20/h3,5,9,12H,1-2,4,6-8,10-11H2,(H,16,18)(H,19,20). The van der Waals surface area contributed by atoms with Gasteiger partial charge in [-0.3, -0.25) is 14.5 Å². The Morgan fingerprint density at radius 3 is 3.00 bits per heavy atom. The molecule has 1 amide bonds. The third-order valence-corrected chi connectivity index (χ3v) is 4.72. The van der Waals surface area contributed by atoms with Crippen molar-refractivity contribution in [1.82, 2.24) is 10.2 Å². The number of carboxylic acid groups (broad SMARTS) is 1. The summed E-state index contributed by atoms with van der Waals surface area (Å²) in [7, 11) is 0. The average molecular weight is 310 g/mol. The second kappa shape index (κ2) is 8.14. The molecule has 2 N–H and O–H groups in total. The third-order valence-electron chi connectivity index (χ3n) is 3.78. The van der Waals surface area contributed by atoms with Gasteiger partial charge >= 0.3 is 5.97 Å². The zero-order valence-corrected chi connectivity index (χ0v) is 12.9. The van der Waals surface area contributed by atoms with Crippen molar-refractivity contribution in [2.45, 2.75) is 38.1 Å². The predicted molar refractivity (Wildman–Crippen MR) is 82.5 cm³/mol. The molecule has 116 valence electrons. The van der Waals surface area contributed by atoms with Crippen molar-refractivity contribution in [1.29, 1.82) is 0 Å². The van der Waals surface area contributed by atoms with Crippen LogP contribution in [0.25, 0.3) is 0 Å². The maximum Gasteiger partial charge on any atom is 0.304 e. The summed E-state index contributed by atoms with van der Waals surface area (Å²) in [5.41, 5.74) is 0. The number of nitrogens with zero attached hydrogens (tertiary/aromatic N) is 1. The van der Waals surface area contributed by atoms with Crippen molar-refractivity contribution in [2.75, 3.05) is 19.6 Å². The number of aliphatic carboxylic acids is 1. The van der Waals surface area contributed by atoms with E-state index in [-0.39, 0.29) is 18.4 Å². The Morgan fingerprint density at radius 2 is 2.29 bits per heavy atom. The average Bonchev–Trinajstić information content (AvgIpc) is 2.93. The lowest BCUT2D eigenvalue weighted by Crippen LogP contribution is -2.46. The Morgan fingerprint density at radius 1 is 1.43 bits per heavy atom. The van der Waals surface area contributed by atoms with E-state index in [2.05, 4.69) is 11.4 Å². The quantitative estimate of drug-likeness (QED) is 0.805. The molecular weight excluding hydrogens is 288 g/mol. The van der Waals surface area contributed by atoms with E-state index < -0.39 is 5.97 Å². The molecule has 5 nitrogen and oxygen atoms in total. The van der Waals surface area contributed by atoms with Gasteiger partial charge in [-0.05, 0) is 37.3 Å². The Bertz CT molecular complexity index is 461. The molecule has 1 fully saturated rings. The fourth-order valence-corrected chi connectivity index (χ4v) is 3.43. The highest BCUT2D eigenvalue weighted by Crippen LogP contribution is 2.19. The van der Waals surface area contributed by atoms with Gasteiger partial charge in [0.05, 0.1) is 13.0 Å². The number of hydrogen-bond acceptors (Lipinski definition) is 4. The molecule has 0 spiro atoms. The van der Waals surface area contributed by atoms with Crippen LogP contribution in [-0.4, -0.2) is 47.6 Å². The number of carbonyl (C=O) groups excluding carboxylic acids is 1. The number of carboxylic acids is 1. The number of thiophene rings is 1. The van der Waals surface area contributed by atoms with Crippen molar-refractivity contribution in [3.05, 3.63) is 22.4 Å². The number of piperidine rings is 1. The van der Waals surface area contributed by atoms with Gasteiger partial charge in [0.2, 0.25) is 5.91 Å². The maximum atomic E-state index is 12.0. The largest absolute Gasteiger partial charge is 0.481 e. The molecule has 2 heterocycles. The topological polar surface area (TPSA) is 69.6 Å². The second-order valence-corrected chi connectivity index (χ2v) is 6.43. The summed E-state index contributed by atoms with van der Waals surface area (Å²) in [5.74, 6) is -0.797. The summed E-state index contributed by atoms with van der Waals surface area (Å²) in [4.78, 5) is 26.1. The SMILES string of the molecule is O=C(O)CC1CCCCN1CC(=O)NCCc1cccs1. The number of nitrogens with one attached hydrogen (secondary N) is 1. The fraction of sp³-hybridized carbons (Fsp3) is 0.600. The van der Waals surface area contributed by atoms with Crippen LogP contribution in [-0.2, 0) is 16.0 Å². The lowest BCUT2D eigenvalue weighted by molar-refractivity contribution is -0.139. The highest BCUT2D eigenvalue weighted by molar-refractivity contribution is 7.09. The number of carbonyl (C=O) groups is 2. The maximum absolute atomic E-state index is 12.0. The minimum absolute atomic E-state index is 0.000652. The van der Waals surface area contributed by atoms with Crippen molar-refractivity contribution < 1.29 is 14.7 Å². The molecule has 1 saturated heterocycles. The first-order valence-electron chi connectivity index (χ1n) is 7.40. The normalized spacial score (nSPS) is 19.3. The molecule has 1 aromatic heterocycles. The van der Waals surface area contributed by atoms with Gasteiger partial charge in [0, 0.05) is 17.5 Å². The van der Waals surface area contributed by atoms with Gasteiger partial charge in [0.1, 0.15) is 0 Å². The first kappa shape index (κ1) is 16.0. The van der Waals surface area contributed by atoms with Crippen LogP contribution in [0.2, 0.25) is 0 Å². The van der Waals surface area contributed by atoms with Crippen LogP contribution >= 0.6 is 11.3 Å². The lowest BCUT2D eigenvalue weighted by atomic mass is 9.99. The van der Waals surface area contributed by atoms with Crippen molar-refractivity contribution in [3.8, 4) is 0 Å². The van der Waals surface area contributed by atoms with E-state index in [0.717, 1.165) is 32.2 Å². The Balaban J connectivity index is 1.73. The smallest absolute Gasteiger partial charge is 0.304 e. The van der Waals surface area contributed by atoms with Gasteiger partial charge in [-0.25, -0.2) is 0 Å². The van der Waals surface area contributed by atoms with Gasteiger partial charge in [-0.15, -0.1) is 11.3 Å². The number of hydrogen-bond donors (Lipinski definition) is 2. The van der Waals surface area contributed by atoms with E-state index in [0.29, 0.717) is 13.1 Å². The monoisotopic (exact) mass is 310 g/mol. The van der Waals surface area contributed by atoms with E-state index in [9.17, 15) is 9.59 Å². The molecule has 21 heavy (non-hydrogen) atoms. The summed E-state index contributed by atoms with van der Waals surface area (Å²) in [5, 5.41) is 13.9. The van der Waals surface area contributed by atoms with Crippen LogP contribution in [0.1, 0.15) is 30.6 Å². The summed E-state index contributed by atoms with van der Waals surface area (Å²) in [6.45, 7) is 1.76. The number of likely N-dealkylation sites (tertiary alicyclic amines) is 1. The van der Waals surface area contributed by atoms with Crippen LogP contribution in [0.5, 0.6) is 0 Å². The fourth-order valence-electron chi connectivity index (χ4n) is 2.72. The first-order chi connectivity index (χ1) is 10.1. The van der Waals surface area contributed by atoms with Gasteiger partial charge in [-0.2, -0.15) is 0 Å². The minimum atomic E-state index is -0.787. The van der Waals surface area contributed by atoms with E-state index in [1.165, 1.54) is 4.88 Å². The van der Waals surface area contributed by atoms with Gasteiger partial charge in [0.25, 0.3) is 0 Å². The van der Waals surface area contributed by atoms with E-state index >= 15 is 0 Å². The van der Waals surface area contributed by atoms with E-state index in [1.807, 2.05) is 16.3 Å². The highest BCUT2D eigenvalue weighted by Gasteiger charge is 2.25. The van der Waals surface area contributed by atoms with Crippen LogP contribution < -0.4 is 5.32 Å². The van der Waals surface area contributed by atoms with Crippen LogP contribution in [0.3, 0.4) is 0 Å². The highest BCUT2D eigenvalue weighted by atomic mass is 32.1. The lowest BCUT2D eigenvalue weighted by Gasteiger charge is -2.34. The van der Waals surface area contributed by atoms with Crippen molar-refractivity contribution >= 4 is 23.2 Å². The van der Waals surface area contributed by atoms with Crippen molar-refractivity contribution in [2.24, 2.45) is 0 Å². The van der Waals surface area contributed by atoms with E-state index in [1.54, 1.807) is 11.3 Å². The number of rotatable bonds is 7. The third kappa shape index (κ3) is 5.47. The molecule has 1 aliphatic rings. The van der Waals surface area contributed by atoms with Crippen LogP contribution in [0.4, 0.5) is 0 Å². The zero-order chi connectivity index (χ0) is 15.1. The first-order valence-corrected chi connectivity index (χ1v) is 8.28. The van der Waals surface area contributed by atoms with Gasteiger partial charge in [-0.1, -0.05) is 12.5 Å². The molecule has 0 aromatic carbocycles. The minimum Gasteiger partial charge on any atom is -0.481 e. The Kier molecular flexibility index (Phi) is 6.20. The predicted octanol–water partition coefficient (Wildman–Crippen LogP) is 1.74. The molecule has 1 aliphatic heterocycles. The molecule has 0 radical (unpaired) electrons. The molecule has 1 unspecified atom stereocenters. The summed E-state index contributed by atoms with van der Waals surface area (Å²) in [6.07, 6.45) is 3.94. The molecule has 6 heteroatoms. The molecule has 2 rings (SSSR count). The summed E-state index contributed by atoms with van der Waals surface area (Å²) < 4.78 is 0. The Labute approximate surface area is 129 Å². The van der Waals surface area contributed by atoms with Crippen LogP contribution in [0.15, 0.2) is 17.5 Å². The molecule has 0 aliphatic carbocycles. The molecule has 0 saturated carbocycles. The van der Waals surface area contributed by atoms with Crippen molar-refractivity contribution in [3.63, 3.8) is 0 Å². The summed E-state index contributed by atoms with van der Waals surface area (Å²) in [6, 6.07) is 4.07. The molecule has 1 atom stereocenters. The van der Waals surface area contributed by atoms with Gasteiger partial charge in [0.15, 0.2) is 0 Å². The van der Waals surface area contributed by atoms with Gasteiger partial charge < -0.3 is 10.4 Å². The molecule has 1 aromatic rings. The number of amides is 1. The molecular formula is C15H22N2O3S. The molecule has 0 bridgehead atoms. The van der Waals surface area contributed by atoms with E-state index in [4.69, 9.17) is 5.11 Å². The van der Waals surface area contributed by atoms with Crippen LogP contribution in [0, 0.1) is 0 Å². The summed E-state index contributed by atoms with van der Waals surface area (Å²) >= 11 is 1.69. The second-order valence-electron chi connectivity index (χ2n) is 5.40. The Hall–Kier alpha value is -1.40.